The molecule has 3 rings (SSSR count). The van der Waals surface area contributed by atoms with E-state index in [0.29, 0.717) is 17.7 Å². The Labute approximate surface area is 96.9 Å². The summed E-state index contributed by atoms with van der Waals surface area (Å²) in [6.45, 7) is 2.55. The van der Waals surface area contributed by atoms with Crippen molar-refractivity contribution in [2.75, 3.05) is 19.8 Å². The van der Waals surface area contributed by atoms with Gasteiger partial charge >= 0.3 is 0 Å². The van der Waals surface area contributed by atoms with Crippen molar-refractivity contribution < 1.29 is 9.53 Å². The van der Waals surface area contributed by atoms with Crippen LogP contribution in [0.25, 0.3) is 0 Å². The van der Waals surface area contributed by atoms with E-state index in [4.69, 9.17) is 4.74 Å². The summed E-state index contributed by atoms with van der Waals surface area (Å²) in [5.74, 6) is 2.97. The van der Waals surface area contributed by atoms with Crippen LogP contribution in [0.15, 0.2) is 0 Å². The molecule has 3 fully saturated rings. The lowest BCUT2D eigenvalue weighted by molar-refractivity contribution is -0.125. The Hall–Kier alpha value is -0.570. The third-order valence-corrected chi connectivity index (χ3v) is 4.43. The fourth-order valence-corrected chi connectivity index (χ4v) is 3.29. The highest BCUT2D eigenvalue weighted by Gasteiger charge is 2.47. The van der Waals surface area contributed by atoms with E-state index in [1.807, 2.05) is 0 Å². The number of ether oxygens (including phenoxy) is 1. The van der Waals surface area contributed by atoms with Gasteiger partial charge in [0.1, 0.15) is 0 Å². The molecule has 0 aromatic rings. The lowest BCUT2D eigenvalue weighted by Gasteiger charge is -2.23. The van der Waals surface area contributed by atoms with Gasteiger partial charge in [-0.1, -0.05) is 0 Å². The molecule has 2 saturated carbocycles. The summed E-state index contributed by atoms with van der Waals surface area (Å²) in [7, 11) is 0. The van der Waals surface area contributed by atoms with Crippen LogP contribution in [0.5, 0.6) is 0 Å². The lowest BCUT2D eigenvalue weighted by atomic mass is 10.00. The van der Waals surface area contributed by atoms with E-state index in [-0.39, 0.29) is 0 Å². The number of hydrogen-bond donors (Lipinski definition) is 1. The Morgan fingerprint density at radius 3 is 2.75 bits per heavy atom. The zero-order chi connectivity index (χ0) is 11.0. The molecule has 1 saturated heterocycles. The first-order valence-electron chi connectivity index (χ1n) is 6.68. The first-order chi connectivity index (χ1) is 7.83. The van der Waals surface area contributed by atoms with E-state index in [2.05, 4.69) is 5.32 Å². The number of nitrogens with one attached hydrogen (secondary N) is 1. The van der Waals surface area contributed by atoms with Gasteiger partial charge in [-0.15, -0.1) is 0 Å². The largest absolute Gasteiger partial charge is 0.381 e. The standard InChI is InChI=1S/C13H21NO2/c15-13(12-5-10-4-11(10)6-12)14-7-9-2-1-3-16-8-9/h9-12H,1-8H2,(H,14,15). The van der Waals surface area contributed by atoms with Crippen LogP contribution in [0.3, 0.4) is 0 Å². The van der Waals surface area contributed by atoms with Gasteiger partial charge in [0.2, 0.25) is 5.91 Å². The minimum absolute atomic E-state index is 0.303. The first-order valence-corrected chi connectivity index (χ1v) is 6.68. The number of hydrogen-bond acceptors (Lipinski definition) is 2. The highest BCUT2D eigenvalue weighted by atomic mass is 16.5. The van der Waals surface area contributed by atoms with Crippen LogP contribution in [0.1, 0.15) is 32.1 Å². The molecule has 1 amide bonds. The normalized spacial score (nSPS) is 41.5. The SMILES string of the molecule is O=C(NCC1CCCOC1)C1CC2CC2C1. The number of carbonyl (C=O) groups is 1. The van der Waals surface area contributed by atoms with Crippen LogP contribution in [-0.2, 0) is 9.53 Å². The van der Waals surface area contributed by atoms with Crippen LogP contribution in [0, 0.1) is 23.7 Å². The third kappa shape index (κ3) is 2.24. The van der Waals surface area contributed by atoms with Crippen LogP contribution >= 0.6 is 0 Å². The molecule has 3 heteroatoms. The van der Waals surface area contributed by atoms with Gasteiger partial charge in [0.15, 0.2) is 0 Å². The predicted octanol–water partition coefficient (Wildman–Crippen LogP) is 1.58. The summed E-state index contributed by atoms with van der Waals surface area (Å²) in [5.41, 5.74) is 0. The van der Waals surface area contributed by atoms with E-state index in [9.17, 15) is 4.79 Å². The Morgan fingerprint density at radius 1 is 1.25 bits per heavy atom. The van der Waals surface area contributed by atoms with E-state index < -0.39 is 0 Å². The van der Waals surface area contributed by atoms with Gasteiger partial charge in [-0.25, -0.2) is 0 Å². The molecule has 0 aromatic heterocycles. The monoisotopic (exact) mass is 223 g/mol. The van der Waals surface area contributed by atoms with Gasteiger partial charge < -0.3 is 10.1 Å². The van der Waals surface area contributed by atoms with Crippen molar-refractivity contribution in [3.63, 3.8) is 0 Å². The maximum atomic E-state index is 11.9. The highest BCUT2D eigenvalue weighted by molar-refractivity contribution is 5.79. The molecule has 2 aliphatic carbocycles. The molecule has 3 atom stereocenters. The Morgan fingerprint density at radius 2 is 2.06 bits per heavy atom. The summed E-state index contributed by atoms with van der Waals surface area (Å²) in [5, 5.41) is 3.12. The van der Waals surface area contributed by atoms with Crippen molar-refractivity contribution in [2.24, 2.45) is 23.7 Å². The minimum atomic E-state index is 0.303. The second kappa shape index (κ2) is 4.36. The van der Waals surface area contributed by atoms with Gasteiger partial charge in [0.05, 0.1) is 6.61 Å². The maximum Gasteiger partial charge on any atom is 0.223 e. The Balaban J connectivity index is 1.39. The van der Waals surface area contributed by atoms with E-state index in [1.165, 1.54) is 12.8 Å². The second-order valence-corrected chi connectivity index (χ2v) is 5.75. The van der Waals surface area contributed by atoms with E-state index in [1.54, 1.807) is 0 Å². The molecule has 0 spiro atoms. The molecule has 0 radical (unpaired) electrons. The average Bonchev–Trinajstić information content (AvgIpc) is 2.94. The van der Waals surface area contributed by atoms with Crippen molar-refractivity contribution >= 4 is 5.91 Å². The second-order valence-electron chi connectivity index (χ2n) is 5.75. The fourth-order valence-electron chi connectivity index (χ4n) is 3.29. The van der Waals surface area contributed by atoms with Crippen LogP contribution < -0.4 is 5.32 Å². The average molecular weight is 223 g/mol. The van der Waals surface area contributed by atoms with Gasteiger partial charge in [-0.05, 0) is 49.9 Å². The van der Waals surface area contributed by atoms with Crippen molar-refractivity contribution in [1.82, 2.24) is 5.32 Å². The molecular formula is C13H21NO2. The minimum Gasteiger partial charge on any atom is -0.381 e. The van der Waals surface area contributed by atoms with E-state index in [0.717, 1.165) is 50.9 Å². The molecule has 1 heterocycles. The summed E-state index contributed by atoms with van der Waals surface area (Å²) >= 11 is 0. The lowest BCUT2D eigenvalue weighted by Crippen LogP contribution is -2.36. The third-order valence-electron chi connectivity index (χ3n) is 4.43. The molecule has 1 aliphatic heterocycles. The molecule has 3 unspecified atom stereocenters. The van der Waals surface area contributed by atoms with Crippen LogP contribution in [0.2, 0.25) is 0 Å². The zero-order valence-corrected chi connectivity index (χ0v) is 9.78. The topological polar surface area (TPSA) is 38.3 Å². The van der Waals surface area contributed by atoms with Crippen LogP contribution in [0.4, 0.5) is 0 Å². The Bertz CT molecular complexity index is 263. The summed E-state index contributed by atoms with van der Waals surface area (Å²) in [6, 6.07) is 0. The smallest absolute Gasteiger partial charge is 0.223 e. The summed E-state index contributed by atoms with van der Waals surface area (Å²) < 4.78 is 5.41. The molecule has 1 N–H and O–H groups in total. The number of rotatable bonds is 3. The quantitative estimate of drug-likeness (QED) is 0.789. The van der Waals surface area contributed by atoms with Crippen LogP contribution in [-0.4, -0.2) is 25.7 Å². The Kier molecular flexibility index (Phi) is 2.88. The molecule has 3 aliphatic rings. The number of amides is 1. The van der Waals surface area contributed by atoms with Gasteiger partial charge in [0, 0.05) is 19.1 Å². The molecule has 90 valence electrons. The molecule has 3 nitrogen and oxygen atoms in total. The maximum absolute atomic E-state index is 11.9. The zero-order valence-electron chi connectivity index (χ0n) is 9.78. The van der Waals surface area contributed by atoms with Crippen molar-refractivity contribution in [1.29, 1.82) is 0 Å². The van der Waals surface area contributed by atoms with Gasteiger partial charge in [-0.3, -0.25) is 4.79 Å². The predicted molar refractivity (Wildman–Crippen MR) is 60.9 cm³/mol. The summed E-state index contributed by atoms with van der Waals surface area (Å²) in [4.78, 5) is 11.9. The first kappa shape index (κ1) is 10.6. The number of fused-ring (bicyclic) bond motifs is 1. The molecule has 0 bridgehead atoms. The highest BCUT2D eigenvalue weighted by Crippen LogP contribution is 2.54. The molecule has 16 heavy (non-hydrogen) atoms. The fraction of sp³-hybridized carbons (Fsp3) is 0.923. The number of carbonyl (C=O) groups excluding carboxylic acids is 1. The molecule has 0 aromatic carbocycles. The van der Waals surface area contributed by atoms with Crippen molar-refractivity contribution in [2.45, 2.75) is 32.1 Å². The van der Waals surface area contributed by atoms with Gasteiger partial charge in [0.25, 0.3) is 0 Å². The molecular weight excluding hydrogens is 202 g/mol. The van der Waals surface area contributed by atoms with Crippen molar-refractivity contribution in [3.8, 4) is 0 Å². The van der Waals surface area contributed by atoms with Gasteiger partial charge in [-0.2, -0.15) is 0 Å². The van der Waals surface area contributed by atoms with E-state index >= 15 is 0 Å². The van der Waals surface area contributed by atoms with Crippen molar-refractivity contribution in [3.05, 3.63) is 0 Å². The summed E-state index contributed by atoms with van der Waals surface area (Å²) in [6.07, 6.45) is 6.04.